The molecule has 0 radical (unpaired) electrons. The molecule has 0 heterocycles. The fraction of sp³-hybridized carbons (Fsp3) is 0.0417. The van der Waals surface area contributed by atoms with Crippen LogP contribution in [0.1, 0.15) is 6.92 Å². The molecular weight excluding hydrogens is 404 g/mol. The molecule has 4 aromatic carbocycles. The summed E-state index contributed by atoms with van der Waals surface area (Å²) in [6, 6.07) is 22.7. The van der Waals surface area contributed by atoms with Gasteiger partial charge in [0.25, 0.3) is 0 Å². The summed E-state index contributed by atoms with van der Waals surface area (Å²) in [5.41, 5.74) is 0. The lowest BCUT2D eigenvalue weighted by Gasteiger charge is -2.19. The Hall–Kier alpha value is -3.70. The normalized spacial score (nSPS) is 10.6. The highest BCUT2D eigenvalue weighted by atomic mass is 35.5. The topological polar surface area (TPSA) is 65.0 Å². The van der Waals surface area contributed by atoms with E-state index in [0.29, 0.717) is 27.3 Å². The first-order valence-corrected chi connectivity index (χ1v) is 9.53. The van der Waals surface area contributed by atoms with Crippen LogP contribution in [0.2, 0.25) is 5.02 Å². The Kier molecular flexibility index (Phi) is 5.46. The smallest absolute Gasteiger partial charge is 0.308 e. The number of para-hydroxylation sites is 2. The van der Waals surface area contributed by atoms with E-state index in [0.717, 1.165) is 0 Å². The number of phenolic OH excluding ortho intramolecular Hbond substituents is 1. The van der Waals surface area contributed by atoms with E-state index in [9.17, 15) is 9.90 Å². The molecule has 0 aromatic heterocycles. The van der Waals surface area contributed by atoms with Crippen LogP contribution in [0.3, 0.4) is 0 Å². The molecule has 0 aliphatic carbocycles. The van der Waals surface area contributed by atoms with Crippen LogP contribution in [0.15, 0.2) is 78.9 Å². The van der Waals surface area contributed by atoms with E-state index in [-0.39, 0.29) is 23.0 Å². The van der Waals surface area contributed by atoms with Gasteiger partial charge in [-0.15, -0.1) is 0 Å². The molecule has 0 saturated heterocycles. The van der Waals surface area contributed by atoms with Gasteiger partial charge in [-0.3, -0.25) is 4.79 Å². The monoisotopic (exact) mass is 420 g/mol. The maximum atomic E-state index is 11.9. The summed E-state index contributed by atoms with van der Waals surface area (Å²) in [4.78, 5) is 11.9. The van der Waals surface area contributed by atoms with Crippen molar-refractivity contribution in [2.45, 2.75) is 6.92 Å². The van der Waals surface area contributed by atoms with Gasteiger partial charge in [-0.05, 0) is 42.5 Å². The summed E-state index contributed by atoms with van der Waals surface area (Å²) in [5.74, 6) is 0.446. The molecular formula is C24H17ClO5. The van der Waals surface area contributed by atoms with Gasteiger partial charge in [0, 0.05) is 22.7 Å². The van der Waals surface area contributed by atoms with Gasteiger partial charge in [0.1, 0.15) is 11.5 Å². The van der Waals surface area contributed by atoms with E-state index in [1.165, 1.54) is 6.92 Å². The second kappa shape index (κ2) is 8.35. The van der Waals surface area contributed by atoms with Gasteiger partial charge in [-0.25, -0.2) is 0 Å². The molecule has 0 bridgehead atoms. The van der Waals surface area contributed by atoms with Gasteiger partial charge in [0.05, 0.1) is 0 Å². The van der Waals surface area contributed by atoms with Crippen LogP contribution < -0.4 is 14.2 Å². The molecule has 0 aliphatic rings. The number of hydrogen-bond acceptors (Lipinski definition) is 5. The van der Waals surface area contributed by atoms with Crippen molar-refractivity contribution in [3.05, 3.63) is 83.9 Å². The molecule has 6 heteroatoms. The van der Waals surface area contributed by atoms with Crippen LogP contribution >= 0.6 is 11.6 Å². The third-order valence-corrected chi connectivity index (χ3v) is 4.52. The van der Waals surface area contributed by atoms with E-state index in [1.807, 2.05) is 12.1 Å². The molecule has 1 N–H and O–H groups in total. The Morgan fingerprint density at radius 2 is 1.33 bits per heavy atom. The van der Waals surface area contributed by atoms with Crippen molar-refractivity contribution in [2.75, 3.05) is 0 Å². The second-order valence-electron chi connectivity index (χ2n) is 6.45. The number of hydrogen-bond donors (Lipinski definition) is 1. The van der Waals surface area contributed by atoms with Crippen LogP contribution in [-0.4, -0.2) is 11.1 Å². The molecule has 150 valence electrons. The van der Waals surface area contributed by atoms with Gasteiger partial charge in [0.2, 0.25) is 11.5 Å². The molecule has 30 heavy (non-hydrogen) atoms. The highest BCUT2D eigenvalue weighted by Gasteiger charge is 2.26. The fourth-order valence-corrected chi connectivity index (χ4v) is 3.18. The maximum absolute atomic E-state index is 11.9. The lowest BCUT2D eigenvalue weighted by atomic mass is 10.1. The molecule has 0 amide bonds. The maximum Gasteiger partial charge on any atom is 0.308 e. The molecule has 4 aromatic rings. The van der Waals surface area contributed by atoms with Gasteiger partial charge < -0.3 is 19.3 Å². The number of ether oxygens (including phenoxy) is 3. The van der Waals surface area contributed by atoms with Crippen molar-refractivity contribution in [3.63, 3.8) is 0 Å². The van der Waals surface area contributed by atoms with Crippen molar-refractivity contribution in [1.29, 1.82) is 0 Å². The summed E-state index contributed by atoms with van der Waals surface area (Å²) in [6.45, 7) is 1.29. The van der Waals surface area contributed by atoms with Gasteiger partial charge in [0.15, 0.2) is 11.5 Å². The number of aromatic hydroxyl groups is 1. The number of carbonyl (C=O) groups excluding carboxylic acids is 1. The number of carbonyl (C=O) groups is 1. The van der Waals surface area contributed by atoms with Crippen LogP contribution in [0.5, 0.6) is 34.5 Å². The minimum Gasteiger partial charge on any atom is -0.504 e. The van der Waals surface area contributed by atoms with Gasteiger partial charge >= 0.3 is 5.97 Å². The van der Waals surface area contributed by atoms with Crippen molar-refractivity contribution >= 4 is 28.3 Å². The fourth-order valence-electron chi connectivity index (χ4n) is 3.01. The summed E-state index contributed by atoms with van der Waals surface area (Å²) in [5, 5.41) is 12.3. The zero-order valence-electron chi connectivity index (χ0n) is 16.0. The summed E-state index contributed by atoms with van der Waals surface area (Å²) < 4.78 is 17.5. The quantitative estimate of drug-likeness (QED) is 0.287. The predicted octanol–water partition coefficient (Wildman–Crippen LogP) is 6.71. The Balaban J connectivity index is 2.00. The third-order valence-electron chi connectivity index (χ3n) is 4.28. The molecule has 0 spiro atoms. The van der Waals surface area contributed by atoms with Gasteiger partial charge in [-0.1, -0.05) is 48.0 Å². The highest BCUT2D eigenvalue weighted by molar-refractivity contribution is 6.31. The Morgan fingerprint density at radius 3 is 1.90 bits per heavy atom. The zero-order valence-corrected chi connectivity index (χ0v) is 16.7. The van der Waals surface area contributed by atoms with E-state index >= 15 is 0 Å². The van der Waals surface area contributed by atoms with Crippen LogP contribution in [0.4, 0.5) is 0 Å². The summed E-state index contributed by atoms with van der Waals surface area (Å²) in [6.07, 6.45) is 0. The number of rotatable bonds is 5. The molecule has 0 fully saturated rings. The summed E-state index contributed by atoms with van der Waals surface area (Å²) >= 11 is 6.14. The molecule has 4 rings (SSSR count). The summed E-state index contributed by atoms with van der Waals surface area (Å²) in [7, 11) is 0. The first kappa shape index (κ1) is 19.6. The van der Waals surface area contributed by atoms with E-state index < -0.39 is 5.97 Å². The average molecular weight is 421 g/mol. The second-order valence-corrected chi connectivity index (χ2v) is 6.89. The standard InChI is InChI=1S/C24H17ClO5/c1-15(26)28-22-19-13-12-16(25)14-20(19)21(27)23(29-17-8-4-2-5-9-17)24(22)30-18-10-6-3-7-11-18/h2-14,27H,1H3. The molecule has 5 nitrogen and oxygen atoms in total. The van der Waals surface area contributed by atoms with Crippen molar-refractivity contribution in [2.24, 2.45) is 0 Å². The average Bonchev–Trinajstić information content (AvgIpc) is 2.75. The Bertz CT molecular complexity index is 1210. The number of benzene rings is 4. The van der Waals surface area contributed by atoms with Crippen LogP contribution in [-0.2, 0) is 4.79 Å². The Morgan fingerprint density at radius 1 is 0.767 bits per heavy atom. The molecule has 0 unspecified atom stereocenters. The number of fused-ring (bicyclic) bond motifs is 1. The molecule has 0 atom stereocenters. The highest BCUT2D eigenvalue weighted by Crippen LogP contribution is 2.53. The molecule has 0 saturated carbocycles. The first-order chi connectivity index (χ1) is 14.5. The van der Waals surface area contributed by atoms with Crippen LogP contribution in [0.25, 0.3) is 10.8 Å². The van der Waals surface area contributed by atoms with Gasteiger partial charge in [-0.2, -0.15) is 0 Å². The van der Waals surface area contributed by atoms with E-state index in [2.05, 4.69) is 0 Å². The number of halogens is 1. The molecule has 0 aliphatic heterocycles. The number of phenols is 1. The SMILES string of the molecule is CC(=O)Oc1c(Oc2ccccc2)c(Oc2ccccc2)c(O)c2cc(Cl)ccc12. The largest absolute Gasteiger partial charge is 0.504 e. The van der Waals surface area contributed by atoms with Crippen molar-refractivity contribution in [3.8, 4) is 34.5 Å². The lowest BCUT2D eigenvalue weighted by Crippen LogP contribution is -2.05. The Labute approximate surface area is 178 Å². The minimum absolute atomic E-state index is 0.0102. The lowest BCUT2D eigenvalue weighted by molar-refractivity contribution is -0.131. The number of esters is 1. The predicted molar refractivity (Wildman–Crippen MR) is 115 cm³/mol. The minimum atomic E-state index is -0.541. The van der Waals surface area contributed by atoms with Crippen molar-refractivity contribution in [1.82, 2.24) is 0 Å². The van der Waals surface area contributed by atoms with Crippen LogP contribution in [0, 0.1) is 0 Å². The zero-order chi connectivity index (χ0) is 21.1. The van der Waals surface area contributed by atoms with Crippen molar-refractivity contribution < 1.29 is 24.1 Å². The van der Waals surface area contributed by atoms with E-state index in [4.69, 9.17) is 25.8 Å². The first-order valence-electron chi connectivity index (χ1n) is 9.15. The van der Waals surface area contributed by atoms with E-state index in [1.54, 1.807) is 66.7 Å². The third kappa shape index (κ3) is 4.02.